The second-order valence-corrected chi connectivity index (χ2v) is 5.30. The van der Waals surface area contributed by atoms with Crippen molar-refractivity contribution in [3.63, 3.8) is 0 Å². The summed E-state index contributed by atoms with van der Waals surface area (Å²) in [6.45, 7) is 2.75. The van der Waals surface area contributed by atoms with Crippen LogP contribution in [0.2, 0.25) is 0 Å². The number of ether oxygens (including phenoxy) is 1. The molecule has 20 heavy (non-hydrogen) atoms. The molecule has 3 nitrogen and oxygen atoms in total. The molecule has 2 aromatic rings. The molecule has 106 valence electrons. The molecule has 3 N–H and O–H groups in total. The molecule has 0 atom stereocenters. The third kappa shape index (κ3) is 3.61. The number of benzene rings is 2. The number of para-hydroxylation sites is 1. The third-order valence-corrected chi connectivity index (χ3v) is 3.64. The summed E-state index contributed by atoms with van der Waals surface area (Å²) in [5, 5.41) is 3.33. The normalized spacial score (nSPS) is 10.3. The first-order valence-corrected chi connectivity index (χ1v) is 7.89. The Hall–Kier alpha value is -1.81. The summed E-state index contributed by atoms with van der Waals surface area (Å²) < 4.78 is 5.63. The largest absolute Gasteiger partial charge is 0.491 e. The van der Waals surface area contributed by atoms with Crippen molar-refractivity contribution < 1.29 is 4.74 Å². The Morgan fingerprint density at radius 2 is 1.90 bits per heavy atom. The molecular formula is C16H20N2OS. The van der Waals surface area contributed by atoms with Crippen molar-refractivity contribution in [2.45, 2.75) is 18.2 Å². The molecule has 0 aliphatic rings. The fourth-order valence-electron chi connectivity index (χ4n) is 1.82. The summed E-state index contributed by atoms with van der Waals surface area (Å²) in [5.74, 6) is 0.734. The van der Waals surface area contributed by atoms with Gasteiger partial charge in [-0.15, -0.1) is 11.8 Å². The highest BCUT2D eigenvalue weighted by Gasteiger charge is 2.06. The highest BCUT2D eigenvalue weighted by molar-refractivity contribution is 7.98. The molecule has 0 radical (unpaired) electrons. The Labute approximate surface area is 124 Å². The Morgan fingerprint density at radius 1 is 1.15 bits per heavy atom. The van der Waals surface area contributed by atoms with Gasteiger partial charge in [0.2, 0.25) is 0 Å². The number of rotatable bonds is 6. The highest BCUT2D eigenvalue weighted by atomic mass is 32.2. The molecule has 0 bridgehead atoms. The molecule has 0 saturated heterocycles. The van der Waals surface area contributed by atoms with Crippen LogP contribution in [-0.2, 0) is 0 Å². The first-order valence-electron chi connectivity index (χ1n) is 6.67. The number of thioether (sulfide) groups is 1. The zero-order chi connectivity index (χ0) is 14.4. The molecule has 0 amide bonds. The van der Waals surface area contributed by atoms with E-state index in [1.807, 2.05) is 30.3 Å². The maximum absolute atomic E-state index is 6.14. The zero-order valence-electron chi connectivity index (χ0n) is 11.8. The van der Waals surface area contributed by atoms with E-state index in [1.54, 1.807) is 11.8 Å². The van der Waals surface area contributed by atoms with E-state index in [4.69, 9.17) is 10.5 Å². The molecule has 0 fully saturated rings. The van der Waals surface area contributed by atoms with Crippen molar-refractivity contribution in [2.75, 3.05) is 23.9 Å². The van der Waals surface area contributed by atoms with Crippen LogP contribution >= 0.6 is 11.8 Å². The molecule has 0 heterocycles. The minimum atomic E-state index is 0.648. The first kappa shape index (κ1) is 14.6. The Bertz CT molecular complexity index is 555. The Kier molecular flexibility index (Phi) is 5.18. The van der Waals surface area contributed by atoms with Crippen molar-refractivity contribution in [1.29, 1.82) is 0 Å². The van der Waals surface area contributed by atoms with Crippen LogP contribution in [-0.4, -0.2) is 12.9 Å². The molecule has 0 unspecified atom stereocenters. The quantitative estimate of drug-likeness (QED) is 0.606. The topological polar surface area (TPSA) is 47.3 Å². The summed E-state index contributed by atoms with van der Waals surface area (Å²) in [6, 6.07) is 14.1. The van der Waals surface area contributed by atoms with Gasteiger partial charge in [0.25, 0.3) is 0 Å². The molecule has 0 aliphatic heterocycles. The van der Waals surface area contributed by atoms with Crippen molar-refractivity contribution in [3.05, 3.63) is 42.5 Å². The molecule has 2 aromatic carbocycles. The van der Waals surface area contributed by atoms with E-state index in [-0.39, 0.29) is 0 Å². The number of nitrogens with one attached hydrogen (secondary N) is 1. The maximum Gasteiger partial charge on any atom is 0.144 e. The van der Waals surface area contributed by atoms with Gasteiger partial charge in [-0.05, 0) is 49.1 Å². The summed E-state index contributed by atoms with van der Waals surface area (Å²) in [7, 11) is 0. The number of nitrogens with two attached hydrogens (primary N) is 1. The van der Waals surface area contributed by atoms with E-state index in [9.17, 15) is 0 Å². The second kappa shape index (κ2) is 7.10. The summed E-state index contributed by atoms with van der Waals surface area (Å²) >= 11 is 1.73. The average molecular weight is 288 g/mol. The Balaban J connectivity index is 2.15. The summed E-state index contributed by atoms with van der Waals surface area (Å²) in [4.78, 5) is 1.24. The smallest absolute Gasteiger partial charge is 0.144 e. The number of hydrogen-bond donors (Lipinski definition) is 2. The van der Waals surface area contributed by atoms with E-state index in [2.05, 4.69) is 30.6 Å². The van der Waals surface area contributed by atoms with Crippen molar-refractivity contribution in [1.82, 2.24) is 0 Å². The van der Waals surface area contributed by atoms with E-state index in [1.165, 1.54) is 4.90 Å². The monoisotopic (exact) mass is 288 g/mol. The SMILES string of the molecule is CCCOc1cccc(Nc2ccc(SC)cc2)c1N. The maximum atomic E-state index is 6.14. The van der Waals surface area contributed by atoms with E-state index >= 15 is 0 Å². The van der Waals surface area contributed by atoms with Crippen LogP contribution in [0.3, 0.4) is 0 Å². The minimum Gasteiger partial charge on any atom is -0.491 e. The molecule has 0 aliphatic carbocycles. The molecule has 4 heteroatoms. The van der Waals surface area contributed by atoms with Gasteiger partial charge in [-0.2, -0.15) is 0 Å². The lowest BCUT2D eigenvalue weighted by Crippen LogP contribution is -2.02. The van der Waals surface area contributed by atoms with Crippen LogP contribution in [0.15, 0.2) is 47.4 Å². The standard InChI is InChI=1S/C16H20N2OS/c1-3-11-19-15-6-4-5-14(16(15)17)18-12-7-9-13(20-2)10-8-12/h4-10,18H,3,11,17H2,1-2H3. The van der Waals surface area contributed by atoms with Crippen molar-refractivity contribution >= 4 is 28.8 Å². The lowest BCUT2D eigenvalue weighted by atomic mass is 10.2. The predicted octanol–water partition coefficient (Wildman–Crippen LogP) is 4.52. The van der Waals surface area contributed by atoms with Gasteiger partial charge < -0.3 is 15.8 Å². The van der Waals surface area contributed by atoms with Crippen LogP contribution in [0.25, 0.3) is 0 Å². The van der Waals surface area contributed by atoms with Crippen molar-refractivity contribution in [3.8, 4) is 5.75 Å². The Morgan fingerprint density at radius 3 is 2.55 bits per heavy atom. The van der Waals surface area contributed by atoms with Crippen LogP contribution in [0.1, 0.15) is 13.3 Å². The third-order valence-electron chi connectivity index (χ3n) is 2.90. The lowest BCUT2D eigenvalue weighted by molar-refractivity contribution is 0.319. The lowest BCUT2D eigenvalue weighted by Gasteiger charge is -2.13. The van der Waals surface area contributed by atoms with Gasteiger partial charge in [0.15, 0.2) is 0 Å². The molecule has 0 aromatic heterocycles. The van der Waals surface area contributed by atoms with Crippen LogP contribution < -0.4 is 15.8 Å². The highest BCUT2D eigenvalue weighted by Crippen LogP contribution is 2.32. The minimum absolute atomic E-state index is 0.648. The van der Waals surface area contributed by atoms with Crippen LogP contribution in [0, 0.1) is 0 Å². The van der Waals surface area contributed by atoms with E-state index < -0.39 is 0 Å². The van der Waals surface area contributed by atoms with Crippen LogP contribution in [0.5, 0.6) is 5.75 Å². The molecule has 0 saturated carbocycles. The van der Waals surface area contributed by atoms with Gasteiger partial charge in [-0.3, -0.25) is 0 Å². The number of anilines is 3. The van der Waals surface area contributed by atoms with Gasteiger partial charge in [0.05, 0.1) is 18.0 Å². The summed E-state index contributed by atoms with van der Waals surface area (Å²) in [5.41, 5.74) is 8.67. The number of nitrogen functional groups attached to an aromatic ring is 1. The summed E-state index contributed by atoms with van der Waals surface area (Å²) in [6.07, 6.45) is 3.03. The van der Waals surface area contributed by atoms with Crippen LogP contribution in [0.4, 0.5) is 17.1 Å². The van der Waals surface area contributed by atoms with E-state index in [0.29, 0.717) is 12.3 Å². The van der Waals surface area contributed by atoms with Crippen molar-refractivity contribution in [2.24, 2.45) is 0 Å². The zero-order valence-corrected chi connectivity index (χ0v) is 12.7. The van der Waals surface area contributed by atoms with Gasteiger partial charge in [0.1, 0.15) is 5.75 Å². The van der Waals surface area contributed by atoms with Gasteiger partial charge >= 0.3 is 0 Å². The first-order chi connectivity index (χ1) is 9.74. The number of hydrogen-bond acceptors (Lipinski definition) is 4. The average Bonchev–Trinajstić information content (AvgIpc) is 2.49. The fraction of sp³-hybridized carbons (Fsp3) is 0.250. The van der Waals surface area contributed by atoms with E-state index in [0.717, 1.165) is 23.5 Å². The van der Waals surface area contributed by atoms with Gasteiger partial charge in [0, 0.05) is 10.6 Å². The van der Waals surface area contributed by atoms with Gasteiger partial charge in [-0.25, -0.2) is 0 Å². The molecule has 0 spiro atoms. The molecule has 2 rings (SSSR count). The second-order valence-electron chi connectivity index (χ2n) is 4.42. The molecular weight excluding hydrogens is 268 g/mol. The fourth-order valence-corrected chi connectivity index (χ4v) is 2.23. The predicted molar refractivity (Wildman–Crippen MR) is 88.1 cm³/mol. The van der Waals surface area contributed by atoms with Gasteiger partial charge in [-0.1, -0.05) is 13.0 Å².